The molecule has 0 aliphatic carbocycles. The second-order valence-corrected chi connectivity index (χ2v) is 17.6. The highest BCUT2D eigenvalue weighted by Crippen LogP contribution is 2.18. The van der Waals surface area contributed by atoms with Crippen LogP contribution in [0.1, 0.15) is 278 Å². The normalized spacial score (nSPS) is 13.3. The molecule has 0 aliphatic heterocycles. The molecule has 0 aliphatic rings. The van der Waals surface area contributed by atoms with Gasteiger partial charge in [0, 0.05) is 6.42 Å². The van der Waals surface area contributed by atoms with Crippen LogP contribution in [0.3, 0.4) is 0 Å². The maximum absolute atomic E-state index is 13.1. The van der Waals surface area contributed by atoms with Crippen molar-refractivity contribution in [3.63, 3.8) is 0 Å². The Morgan fingerprint density at radius 3 is 1.28 bits per heavy atom. The fourth-order valence-electron chi connectivity index (χ4n) is 7.96. The summed E-state index contributed by atoms with van der Waals surface area (Å²) in [5, 5.41) is 23.6. The largest absolute Gasteiger partial charge is 0.462 e. The zero-order valence-electron chi connectivity index (χ0n) is 38.5. The number of carbonyl (C=O) groups excluding carboxylic acids is 2. The van der Waals surface area contributed by atoms with Crippen LogP contribution in [-0.2, 0) is 14.3 Å². The number of unbranched alkanes of at least 4 members (excludes halogenated alkanes) is 32. The summed E-state index contributed by atoms with van der Waals surface area (Å²) in [7, 11) is 0. The third-order valence-corrected chi connectivity index (χ3v) is 11.8. The minimum atomic E-state index is -0.786. The van der Waals surface area contributed by atoms with Crippen molar-refractivity contribution in [3.05, 3.63) is 12.2 Å². The maximum atomic E-state index is 13.1. The van der Waals surface area contributed by atoms with Gasteiger partial charge in [0.15, 0.2) is 0 Å². The Labute approximate surface area is 355 Å². The molecule has 0 aromatic rings. The fraction of sp³-hybridized carbons (Fsp3) is 0.922. The number of hydrogen-bond acceptors (Lipinski definition) is 5. The van der Waals surface area contributed by atoms with Gasteiger partial charge in [0.2, 0.25) is 5.91 Å². The van der Waals surface area contributed by atoms with Gasteiger partial charge in [-0.3, -0.25) is 9.59 Å². The Bertz CT molecular complexity index is 863. The van der Waals surface area contributed by atoms with Crippen molar-refractivity contribution in [2.24, 2.45) is 0 Å². The van der Waals surface area contributed by atoms with Crippen LogP contribution in [0, 0.1) is 0 Å². The molecule has 3 unspecified atom stereocenters. The molecule has 6 nitrogen and oxygen atoms in total. The average Bonchev–Trinajstić information content (AvgIpc) is 3.20. The molecule has 6 heteroatoms. The summed E-state index contributed by atoms with van der Waals surface area (Å²) < 4.78 is 5.91. The van der Waals surface area contributed by atoms with Gasteiger partial charge in [0.25, 0.3) is 0 Å². The van der Waals surface area contributed by atoms with E-state index in [1.54, 1.807) is 0 Å². The van der Waals surface area contributed by atoms with Crippen LogP contribution < -0.4 is 5.32 Å². The van der Waals surface area contributed by atoms with E-state index in [2.05, 4.69) is 38.2 Å². The molecule has 0 bridgehead atoms. The summed E-state index contributed by atoms with van der Waals surface area (Å²) in [6.07, 6.45) is 50.0. The first-order valence-corrected chi connectivity index (χ1v) is 25.4. The van der Waals surface area contributed by atoms with Gasteiger partial charge < -0.3 is 20.3 Å². The number of aliphatic hydroxyl groups is 2. The molecule has 0 fully saturated rings. The minimum absolute atomic E-state index is 0.0633. The lowest BCUT2D eigenvalue weighted by Crippen LogP contribution is -2.46. The number of nitrogens with one attached hydrogen (secondary N) is 1. The number of rotatable bonds is 46. The molecule has 0 aromatic heterocycles. The Hall–Kier alpha value is -1.40. The van der Waals surface area contributed by atoms with Crippen LogP contribution in [-0.4, -0.2) is 46.9 Å². The van der Waals surface area contributed by atoms with E-state index in [0.717, 1.165) is 57.8 Å². The zero-order valence-corrected chi connectivity index (χ0v) is 38.5. The van der Waals surface area contributed by atoms with E-state index in [1.807, 2.05) is 0 Å². The van der Waals surface area contributed by atoms with E-state index in [1.165, 1.54) is 173 Å². The lowest BCUT2D eigenvalue weighted by atomic mass is 10.0. The molecule has 57 heavy (non-hydrogen) atoms. The molecule has 0 heterocycles. The quantitative estimate of drug-likeness (QED) is 0.0323. The van der Waals surface area contributed by atoms with Crippen LogP contribution >= 0.6 is 0 Å². The van der Waals surface area contributed by atoms with E-state index in [4.69, 9.17) is 4.74 Å². The van der Waals surface area contributed by atoms with E-state index >= 15 is 0 Å². The summed E-state index contributed by atoms with van der Waals surface area (Å²) in [5.41, 5.74) is 0. The molecular weight excluding hydrogens is 707 g/mol. The van der Waals surface area contributed by atoms with E-state index in [0.29, 0.717) is 19.3 Å². The number of carbonyl (C=O) groups is 2. The summed E-state index contributed by atoms with van der Waals surface area (Å²) in [5.74, 6) is -0.488. The van der Waals surface area contributed by atoms with Crippen molar-refractivity contribution in [3.8, 4) is 0 Å². The standard InChI is InChI=1S/C51H99NO5/c1-4-7-10-13-16-19-21-23-24-25-26-27-29-32-35-38-41-44-51(56)57-47(42-39-36-33-31-28-22-20-17-14-11-8-5-2)45-50(55)52-48(46-53)49(54)43-40-37-34-30-18-15-12-9-6-3/h31,33,47-49,53-54H,4-30,32,34-46H2,1-3H3,(H,52,55)/b33-31-. The molecule has 0 spiro atoms. The molecule has 3 atom stereocenters. The van der Waals surface area contributed by atoms with Crippen LogP contribution in [0.4, 0.5) is 0 Å². The third-order valence-electron chi connectivity index (χ3n) is 11.8. The van der Waals surface area contributed by atoms with Crippen molar-refractivity contribution >= 4 is 11.9 Å². The Morgan fingerprint density at radius 2 is 0.860 bits per heavy atom. The highest BCUT2D eigenvalue weighted by molar-refractivity contribution is 5.77. The van der Waals surface area contributed by atoms with Crippen molar-refractivity contribution in [2.45, 2.75) is 296 Å². The van der Waals surface area contributed by atoms with Gasteiger partial charge >= 0.3 is 5.97 Å². The van der Waals surface area contributed by atoms with E-state index in [9.17, 15) is 19.8 Å². The van der Waals surface area contributed by atoms with Gasteiger partial charge in [-0.15, -0.1) is 0 Å². The SMILES string of the molecule is CCCCCCCCC/C=C\CCCC(CC(=O)NC(CO)C(O)CCCCCCCCCCC)OC(=O)CCCCCCCCCCCCCCCCCCC. The molecule has 0 radical (unpaired) electrons. The fourth-order valence-corrected chi connectivity index (χ4v) is 7.96. The average molecular weight is 806 g/mol. The summed E-state index contributed by atoms with van der Waals surface area (Å²) in [6.45, 7) is 6.47. The Balaban J connectivity index is 4.50. The van der Waals surface area contributed by atoms with Gasteiger partial charge in [-0.2, -0.15) is 0 Å². The number of allylic oxidation sites excluding steroid dienone is 2. The van der Waals surface area contributed by atoms with Crippen LogP contribution in [0.15, 0.2) is 12.2 Å². The predicted octanol–water partition coefficient (Wildman–Crippen LogP) is 15.0. The highest BCUT2D eigenvalue weighted by Gasteiger charge is 2.24. The lowest BCUT2D eigenvalue weighted by molar-refractivity contribution is -0.151. The van der Waals surface area contributed by atoms with Crippen LogP contribution in [0.5, 0.6) is 0 Å². The summed E-state index contributed by atoms with van der Waals surface area (Å²) >= 11 is 0. The second-order valence-electron chi connectivity index (χ2n) is 17.6. The monoisotopic (exact) mass is 806 g/mol. The number of aliphatic hydroxyl groups excluding tert-OH is 2. The smallest absolute Gasteiger partial charge is 0.306 e. The zero-order chi connectivity index (χ0) is 41.7. The second kappa shape index (κ2) is 45.7. The van der Waals surface area contributed by atoms with Crippen molar-refractivity contribution in [1.29, 1.82) is 0 Å². The van der Waals surface area contributed by atoms with Gasteiger partial charge in [0.05, 0.1) is 25.2 Å². The maximum Gasteiger partial charge on any atom is 0.306 e. The first kappa shape index (κ1) is 55.6. The number of ether oxygens (including phenoxy) is 1. The highest BCUT2D eigenvalue weighted by atomic mass is 16.5. The van der Waals surface area contributed by atoms with Crippen LogP contribution in [0.25, 0.3) is 0 Å². The first-order chi connectivity index (χ1) is 28.0. The topological polar surface area (TPSA) is 95.9 Å². The lowest BCUT2D eigenvalue weighted by Gasteiger charge is -2.24. The Kier molecular flexibility index (Phi) is 44.6. The molecule has 0 saturated carbocycles. The van der Waals surface area contributed by atoms with Crippen molar-refractivity contribution in [2.75, 3.05) is 6.61 Å². The Morgan fingerprint density at radius 1 is 0.491 bits per heavy atom. The molecule has 0 rings (SSSR count). The number of hydrogen-bond donors (Lipinski definition) is 3. The van der Waals surface area contributed by atoms with Gasteiger partial charge in [-0.25, -0.2) is 0 Å². The summed E-state index contributed by atoms with van der Waals surface area (Å²) in [6, 6.07) is -0.702. The summed E-state index contributed by atoms with van der Waals surface area (Å²) in [4.78, 5) is 26.0. The van der Waals surface area contributed by atoms with E-state index in [-0.39, 0.29) is 24.9 Å². The molecular formula is C51H99NO5. The van der Waals surface area contributed by atoms with Gasteiger partial charge in [0.1, 0.15) is 6.10 Å². The molecule has 3 N–H and O–H groups in total. The van der Waals surface area contributed by atoms with Crippen LogP contribution in [0.2, 0.25) is 0 Å². The minimum Gasteiger partial charge on any atom is -0.462 e. The number of amides is 1. The predicted molar refractivity (Wildman–Crippen MR) is 246 cm³/mol. The third kappa shape index (κ3) is 41.1. The van der Waals surface area contributed by atoms with Crippen molar-refractivity contribution < 1.29 is 24.5 Å². The van der Waals surface area contributed by atoms with Gasteiger partial charge in [-0.1, -0.05) is 232 Å². The number of esters is 1. The molecule has 338 valence electrons. The van der Waals surface area contributed by atoms with Gasteiger partial charge in [-0.05, 0) is 44.9 Å². The molecule has 1 amide bonds. The molecule has 0 saturated heterocycles. The first-order valence-electron chi connectivity index (χ1n) is 25.4. The molecule has 0 aromatic carbocycles. The van der Waals surface area contributed by atoms with Crippen molar-refractivity contribution in [1.82, 2.24) is 5.32 Å². The van der Waals surface area contributed by atoms with E-state index < -0.39 is 18.2 Å².